The van der Waals surface area contributed by atoms with Crippen LogP contribution >= 0.6 is 0 Å². The Bertz CT molecular complexity index is 340. The van der Waals surface area contributed by atoms with Crippen LogP contribution in [0.2, 0.25) is 0 Å². The molecule has 0 bridgehead atoms. The standard InChI is InChI=1S/C13H16O2/c1-15-11-8-6-10(7-9-11)12-4-2-3-5-13(12)14/h6-9,12H,2-5H2,1H3/t12-/m1/s1. The number of rotatable bonds is 2. The molecule has 2 nitrogen and oxygen atoms in total. The molecule has 1 aliphatic carbocycles. The van der Waals surface area contributed by atoms with Gasteiger partial charge in [-0.05, 0) is 30.5 Å². The molecule has 0 aliphatic heterocycles. The number of hydrogen-bond acceptors (Lipinski definition) is 2. The molecule has 1 aliphatic rings. The van der Waals surface area contributed by atoms with E-state index >= 15 is 0 Å². The van der Waals surface area contributed by atoms with Gasteiger partial charge in [-0.2, -0.15) is 0 Å². The first-order valence-corrected chi connectivity index (χ1v) is 5.48. The van der Waals surface area contributed by atoms with Gasteiger partial charge < -0.3 is 4.74 Å². The highest BCUT2D eigenvalue weighted by Crippen LogP contribution is 2.30. The Balaban J connectivity index is 2.17. The monoisotopic (exact) mass is 204 g/mol. The fraction of sp³-hybridized carbons (Fsp3) is 0.462. The predicted octanol–water partition coefficient (Wildman–Crippen LogP) is 2.92. The van der Waals surface area contributed by atoms with E-state index in [-0.39, 0.29) is 5.92 Å². The van der Waals surface area contributed by atoms with Crippen molar-refractivity contribution >= 4 is 5.78 Å². The molecule has 1 saturated carbocycles. The van der Waals surface area contributed by atoms with E-state index in [0.717, 1.165) is 30.6 Å². The number of carbonyl (C=O) groups excluding carboxylic acids is 1. The summed E-state index contributed by atoms with van der Waals surface area (Å²) in [5, 5.41) is 0. The Hall–Kier alpha value is -1.31. The van der Waals surface area contributed by atoms with Gasteiger partial charge in [0.05, 0.1) is 7.11 Å². The molecule has 0 saturated heterocycles. The number of ketones is 1. The van der Waals surface area contributed by atoms with Gasteiger partial charge >= 0.3 is 0 Å². The summed E-state index contributed by atoms with van der Waals surface area (Å²) in [6, 6.07) is 7.87. The number of hydrogen-bond donors (Lipinski definition) is 0. The number of benzene rings is 1. The van der Waals surface area contributed by atoms with Crippen LogP contribution in [0.1, 0.15) is 37.2 Å². The summed E-state index contributed by atoms with van der Waals surface area (Å²) in [5.74, 6) is 1.37. The minimum absolute atomic E-state index is 0.129. The molecule has 2 rings (SSSR count). The lowest BCUT2D eigenvalue weighted by Crippen LogP contribution is -2.16. The topological polar surface area (TPSA) is 26.3 Å². The third-order valence-electron chi connectivity index (χ3n) is 3.07. The molecule has 1 atom stereocenters. The molecule has 80 valence electrons. The van der Waals surface area contributed by atoms with E-state index in [0.29, 0.717) is 5.78 Å². The van der Waals surface area contributed by atoms with Crippen LogP contribution in [0.5, 0.6) is 5.75 Å². The predicted molar refractivity (Wildman–Crippen MR) is 59.2 cm³/mol. The Kier molecular flexibility index (Phi) is 3.05. The highest BCUT2D eigenvalue weighted by atomic mass is 16.5. The summed E-state index contributed by atoms with van der Waals surface area (Å²) in [7, 11) is 1.65. The average Bonchev–Trinajstić information content (AvgIpc) is 2.30. The fourth-order valence-corrected chi connectivity index (χ4v) is 2.17. The maximum Gasteiger partial charge on any atom is 0.140 e. The van der Waals surface area contributed by atoms with Gasteiger partial charge in [-0.1, -0.05) is 18.6 Å². The van der Waals surface area contributed by atoms with E-state index in [1.807, 2.05) is 24.3 Å². The smallest absolute Gasteiger partial charge is 0.140 e. The molecule has 0 aromatic heterocycles. The van der Waals surface area contributed by atoms with Crippen molar-refractivity contribution in [2.75, 3.05) is 7.11 Å². The lowest BCUT2D eigenvalue weighted by molar-refractivity contribution is -0.121. The summed E-state index contributed by atoms with van der Waals surface area (Å²) in [5.41, 5.74) is 1.14. The lowest BCUT2D eigenvalue weighted by atomic mass is 9.83. The molecule has 0 spiro atoms. The van der Waals surface area contributed by atoms with Crippen molar-refractivity contribution in [3.8, 4) is 5.75 Å². The van der Waals surface area contributed by atoms with Crippen LogP contribution in [0.25, 0.3) is 0 Å². The second-order valence-corrected chi connectivity index (χ2v) is 4.04. The first kappa shape index (κ1) is 10.2. The maximum atomic E-state index is 11.7. The van der Waals surface area contributed by atoms with Crippen LogP contribution in [-0.4, -0.2) is 12.9 Å². The van der Waals surface area contributed by atoms with Gasteiger partial charge in [0, 0.05) is 12.3 Å². The summed E-state index contributed by atoms with van der Waals surface area (Å²) >= 11 is 0. The van der Waals surface area contributed by atoms with E-state index < -0.39 is 0 Å². The lowest BCUT2D eigenvalue weighted by Gasteiger charge is -2.20. The zero-order chi connectivity index (χ0) is 10.7. The molecule has 0 heterocycles. The van der Waals surface area contributed by atoms with Crippen LogP contribution in [0.15, 0.2) is 24.3 Å². The third-order valence-corrected chi connectivity index (χ3v) is 3.07. The minimum Gasteiger partial charge on any atom is -0.497 e. The van der Waals surface area contributed by atoms with Gasteiger partial charge in [0.25, 0.3) is 0 Å². The summed E-state index contributed by atoms with van der Waals surface area (Å²) in [6.45, 7) is 0. The first-order valence-electron chi connectivity index (χ1n) is 5.48. The summed E-state index contributed by atoms with van der Waals surface area (Å²) in [4.78, 5) is 11.7. The first-order chi connectivity index (χ1) is 7.31. The van der Waals surface area contributed by atoms with Gasteiger partial charge in [-0.15, -0.1) is 0 Å². The van der Waals surface area contributed by atoms with E-state index in [2.05, 4.69) is 0 Å². The summed E-state index contributed by atoms with van der Waals surface area (Å²) in [6.07, 6.45) is 3.98. The minimum atomic E-state index is 0.129. The van der Waals surface area contributed by atoms with Crippen molar-refractivity contribution in [3.63, 3.8) is 0 Å². The normalized spacial score (nSPS) is 21.4. The number of methoxy groups -OCH3 is 1. The highest BCUT2D eigenvalue weighted by molar-refractivity contribution is 5.86. The molecule has 0 N–H and O–H groups in total. The fourth-order valence-electron chi connectivity index (χ4n) is 2.17. The van der Waals surface area contributed by atoms with E-state index in [4.69, 9.17) is 4.74 Å². The highest BCUT2D eigenvalue weighted by Gasteiger charge is 2.23. The molecular weight excluding hydrogens is 188 g/mol. The molecule has 15 heavy (non-hydrogen) atoms. The molecule has 1 aromatic carbocycles. The Morgan fingerprint density at radius 2 is 1.93 bits per heavy atom. The average molecular weight is 204 g/mol. The molecule has 0 radical (unpaired) electrons. The van der Waals surface area contributed by atoms with Crippen LogP contribution in [0.3, 0.4) is 0 Å². The zero-order valence-corrected chi connectivity index (χ0v) is 9.03. The summed E-state index contributed by atoms with van der Waals surface area (Å²) < 4.78 is 5.10. The quantitative estimate of drug-likeness (QED) is 0.740. The van der Waals surface area contributed by atoms with Gasteiger partial charge in [-0.25, -0.2) is 0 Å². The van der Waals surface area contributed by atoms with Crippen molar-refractivity contribution in [2.24, 2.45) is 0 Å². The van der Waals surface area contributed by atoms with Gasteiger partial charge in [0.2, 0.25) is 0 Å². The number of carbonyl (C=O) groups is 1. The van der Waals surface area contributed by atoms with Gasteiger partial charge in [-0.3, -0.25) is 4.79 Å². The van der Waals surface area contributed by atoms with Crippen LogP contribution in [0.4, 0.5) is 0 Å². The molecule has 1 fully saturated rings. The van der Waals surface area contributed by atoms with E-state index in [1.165, 1.54) is 6.42 Å². The molecule has 0 unspecified atom stereocenters. The van der Waals surface area contributed by atoms with Crippen LogP contribution in [0, 0.1) is 0 Å². The molecule has 1 aromatic rings. The second kappa shape index (κ2) is 4.47. The van der Waals surface area contributed by atoms with Crippen LogP contribution < -0.4 is 4.74 Å². The number of Topliss-reactive ketones (excluding diaryl/α,β-unsaturated/α-hetero) is 1. The van der Waals surface area contributed by atoms with E-state index in [1.54, 1.807) is 7.11 Å². The third kappa shape index (κ3) is 2.20. The largest absolute Gasteiger partial charge is 0.497 e. The van der Waals surface area contributed by atoms with Crippen LogP contribution in [-0.2, 0) is 4.79 Å². The van der Waals surface area contributed by atoms with Gasteiger partial charge in [0.1, 0.15) is 11.5 Å². The van der Waals surface area contributed by atoms with Crippen molar-refractivity contribution < 1.29 is 9.53 Å². The van der Waals surface area contributed by atoms with Crippen molar-refractivity contribution in [2.45, 2.75) is 31.6 Å². The number of ether oxygens (including phenoxy) is 1. The van der Waals surface area contributed by atoms with Gasteiger partial charge in [0.15, 0.2) is 0 Å². The van der Waals surface area contributed by atoms with Crippen molar-refractivity contribution in [1.82, 2.24) is 0 Å². The Morgan fingerprint density at radius 1 is 1.20 bits per heavy atom. The maximum absolute atomic E-state index is 11.7. The van der Waals surface area contributed by atoms with Crippen molar-refractivity contribution in [3.05, 3.63) is 29.8 Å². The van der Waals surface area contributed by atoms with E-state index in [9.17, 15) is 4.79 Å². The Morgan fingerprint density at radius 3 is 2.53 bits per heavy atom. The Labute approximate surface area is 90.3 Å². The SMILES string of the molecule is COc1ccc([C@H]2CCCCC2=O)cc1. The molecule has 2 heteroatoms. The second-order valence-electron chi connectivity index (χ2n) is 4.04. The molecular formula is C13H16O2. The molecule has 0 amide bonds. The zero-order valence-electron chi connectivity index (χ0n) is 9.03. The van der Waals surface area contributed by atoms with Crippen molar-refractivity contribution in [1.29, 1.82) is 0 Å².